The van der Waals surface area contributed by atoms with E-state index in [2.05, 4.69) is 77.7 Å². The number of hydrazone groups is 1. The average Bonchev–Trinajstić information content (AvgIpc) is 2.63. The topological polar surface area (TPSA) is 20.0 Å². The zero-order valence-corrected chi connectivity index (χ0v) is 14.4. The summed E-state index contributed by atoms with van der Waals surface area (Å²) in [6.45, 7) is 7.56. The standard InChI is InChI=1S/C21H25N3/c1-19(16-20-8-4-2-5-9-20)17-22-24-14-12-23(13-15-24)18-21-10-6-3-7-11-21/h2-11,16-17H,12-15,18H2,1H3/p+1. The van der Waals surface area contributed by atoms with Crippen LogP contribution in [-0.2, 0) is 6.54 Å². The molecule has 3 heteroatoms. The number of nitrogens with zero attached hydrogens (tertiary/aromatic N) is 2. The van der Waals surface area contributed by atoms with Crippen molar-refractivity contribution in [3.8, 4) is 0 Å². The maximum absolute atomic E-state index is 4.65. The van der Waals surface area contributed by atoms with Gasteiger partial charge in [0.25, 0.3) is 0 Å². The first-order chi connectivity index (χ1) is 11.8. The van der Waals surface area contributed by atoms with Crippen molar-refractivity contribution in [3.05, 3.63) is 77.4 Å². The highest BCUT2D eigenvalue weighted by Gasteiger charge is 2.18. The Morgan fingerprint density at radius 2 is 1.62 bits per heavy atom. The van der Waals surface area contributed by atoms with Crippen molar-refractivity contribution >= 4 is 12.3 Å². The maximum Gasteiger partial charge on any atom is 0.103 e. The van der Waals surface area contributed by atoms with Crippen LogP contribution in [0.2, 0.25) is 0 Å². The maximum atomic E-state index is 4.65. The van der Waals surface area contributed by atoms with E-state index in [9.17, 15) is 0 Å². The van der Waals surface area contributed by atoms with Crippen molar-refractivity contribution in [2.45, 2.75) is 13.5 Å². The lowest BCUT2D eigenvalue weighted by atomic mass is 10.1. The van der Waals surface area contributed by atoms with E-state index in [0.29, 0.717) is 0 Å². The van der Waals surface area contributed by atoms with Gasteiger partial charge in [0, 0.05) is 11.8 Å². The van der Waals surface area contributed by atoms with Crippen LogP contribution < -0.4 is 4.90 Å². The predicted octanol–water partition coefficient (Wildman–Crippen LogP) is 2.48. The Labute approximate surface area is 144 Å². The van der Waals surface area contributed by atoms with Crippen molar-refractivity contribution in [1.82, 2.24) is 5.01 Å². The van der Waals surface area contributed by atoms with E-state index < -0.39 is 0 Å². The second kappa shape index (κ2) is 8.46. The van der Waals surface area contributed by atoms with Crippen LogP contribution in [0.25, 0.3) is 6.08 Å². The molecule has 2 aromatic rings. The molecule has 3 nitrogen and oxygen atoms in total. The third kappa shape index (κ3) is 5.07. The van der Waals surface area contributed by atoms with Gasteiger partial charge in [-0.1, -0.05) is 66.7 Å². The quantitative estimate of drug-likeness (QED) is 0.839. The molecule has 1 N–H and O–H groups in total. The summed E-state index contributed by atoms with van der Waals surface area (Å²) < 4.78 is 0. The summed E-state index contributed by atoms with van der Waals surface area (Å²) >= 11 is 0. The Hall–Kier alpha value is -2.39. The van der Waals surface area contributed by atoms with Crippen LogP contribution in [0.4, 0.5) is 0 Å². The van der Waals surface area contributed by atoms with Crippen molar-refractivity contribution in [3.63, 3.8) is 0 Å². The lowest BCUT2D eigenvalue weighted by Gasteiger charge is -2.30. The molecular weight excluding hydrogens is 294 g/mol. The number of piperazine rings is 1. The van der Waals surface area contributed by atoms with Crippen LogP contribution >= 0.6 is 0 Å². The fraction of sp³-hybridized carbons (Fsp3) is 0.286. The van der Waals surface area contributed by atoms with Gasteiger partial charge in [-0.2, -0.15) is 5.10 Å². The normalized spacial score (nSPS) is 16.7. The van der Waals surface area contributed by atoms with Gasteiger partial charge >= 0.3 is 0 Å². The number of allylic oxidation sites excluding steroid dienone is 1. The number of benzene rings is 2. The van der Waals surface area contributed by atoms with Gasteiger partial charge < -0.3 is 4.90 Å². The number of quaternary nitrogens is 1. The molecule has 1 aliphatic rings. The zero-order valence-electron chi connectivity index (χ0n) is 14.4. The SMILES string of the molecule is CC(C=NN1CC[NH+](Cc2ccccc2)CC1)=Cc1ccccc1. The largest absolute Gasteiger partial charge is 0.328 e. The minimum Gasteiger partial charge on any atom is -0.328 e. The first-order valence-corrected chi connectivity index (χ1v) is 8.69. The summed E-state index contributed by atoms with van der Waals surface area (Å²) in [5, 5.41) is 6.84. The number of hydrogen-bond donors (Lipinski definition) is 1. The summed E-state index contributed by atoms with van der Waals surface area (Å²) in [6, 6.07) is 21.1. The molecule has 0 saturated carbocycles. The first kappa shape index (κ1) is 16.5. The molecule has 1 fully saturated rings. The second-order valence-corrected chi connectivity index (χ2v) is 6.41. The van der Waals surface area contributed by atoms with E-state index in [1.807, 2.05) is 12.3 Å². The monoisotopic (exact) mass is 320 g/mol. The fourth-order valence-corrected chi connectivity index (χ4v) is 3.01. The number of nitrogens with one attached hydrogen (secondary N) is 1. The van der Waals surface area contributed by atoms with Gasteiger partial charge in [0.2, 0.25) is 0 Å². The van der Waals surface area contributed by atoms with E-state index in [1.165, 1.54) is 16.7 Å². The van der Waals surface area contributed by atoms with E-state index >= 15 is 0 Å². The molecule has 3 rings (SSSR count). The number of rotatable bonds is 5. The molecule has 0 atom stereocenters. The molecule has 0 unspecified atom stereocenters. The van der Waals surface area contributed by atoms with Gasteiger partial charge in [-0.15, -0.1) is 0 Å². The van der Waals surface area contributed by atoms with Crippen LogP contribution in [0.3, 0.4) is 0 Å². The molecule has 24 heavy (non-hydrogen) atoms. The Morgan fingerprint density at radius 3 is 2.29 bits per heavy atom. The molecule has 0 aliphatic carbocycles. The third-order valence-corrected chi connectivity index (χ3v) is 4.36. The molecule has 0 bridgehead atoms. The highest BCUT2D eigenvalue weighted by Crippen LogP contribution is 2.05. The molecule has 0 radical (unpaired) electrons. The second-order valence-electron chi connectivity index (χ2n) is 6.41. The molecule has 1 heterocycles. The summed E-state index contributed by atoms with van der Waals surface area (Å²) in [5.41, 5.74) is 3.82. The molecule has 0 amide bonds. The molecular formula is C21H26N3+. The Kier molecular flexibility index (Phi) is 5.80. The van der Waals surface area contributed by atoms with Crippen LogP contribution in [0, 0.1) is 0 Å². The van der Waals surface area contributed by atoms with Crippen LogP contribution in [-0.4, -0.2) is 37.4 Å². The molecule has 124 valence electrons. The van der Waals surface area contributed by atoms with Gasteiger partial charge in [-0.25, -0.2) is 0 Å². The smallest absolute Gasteiger partial charge is 0.103 e. The molecule has 0 spiro atoms. The highest BCUT2D eigenvalue weighted by molar-refractivity contribution is 5.84. The summed E-state index contributed by atoms with van der Waals surface area (Å²) in [5.74, 6) is 0. The minimum absolute atomic E-state index is 1.03. The lowest BCUT2D eigenvalue weighted by molar-refractivity contribution is -0.918. The molecule has 0 aromatic heterocycles. The summed E-state index contributed by atoms with van der Waals surface area (Å²) in [4.78, 5) is 1.64. The van der Waals surface area contributed by atoms with Gasteiger partial charge in [0.1, 0.15) is 6.54 Å². The summed E-state index contributed by atoms with van der Waals surface area (Å²) in [6.07, 6.45) is 4.15. The van der Waals surface area contributed by atoms with Gasteiger partial charge in [-0.3, -0.25) is 5.01 Å². The average molecular weight is 320 g/mol. The van der Waals surface area contributed by atoms with Crippen molar-refractivity contribution in [2.24, 2.45) is 5.10 Å². The Bertz CT molecular complexity index is 669. The zero-order chi connectivity index (χ0) is 16.6. The van der Waals surface area contributed by atoms with Gasteiger partial charge in [-0.05, 0) is 18.1 Å². The van der Waals surface area contributed by atoms with Crippen LogP contribution in [0.1, 0.15) is 18.1 Å². The van der Waals surface area contributed by atoms with E-state index in [1.54, 1.807) is 4.90 Å². The Morgan fingerprint density at radius 1 is 1.00 bits per heavy atom. The van der Waals surface area contributed by atoms with Gasteiger partial charge in [0.05, 0.1) is 26.2 Å². The van der Waals surface area contributed by atoms with Gasteiger partial charge in [0.15, 0.2) is 0 Å². The molecule has 1 aliphatic heterocycles. The van der Waals surface area contributed by atoms with Crippen LogP contribution in [0.15, 0.2) is 71.3 Å². The summed E-state index contributed by atoms with van der Waals surface area (Å²) in [7, 11) is 0. The molecule has 1 saturated heterocycles. The van der Waals surface area contributed by atoms with E-state index in [-0.39, 0.29) is 0 Å². The molecule has 2 aromatic carbocycles. The predicted molar refractivity (Wildman–Crippen MR) is 101 cm³/mol. The minimum atomic E-state index is 1.03. The van der Waals surface area contributed by atoms with Crippen molar-refractivity contribution < 1.29 is 4.90 Å². The van der Waals surface area contributed by atoms with Crippen LogP contribution in [0.5, 0.6) is 0 Å². The highest BCUT2D eigenvalue weighted by atomic mass is 15.5. The van der Waals surface area contributed by atoms with Crippen molar-refractivity contribution in [2.75, 3.05) is 26.2 Å². The van der Waals surface area contributed by atoms with Crippen molar-refractivity contribution in [1.29, 1.82) is 0 Å². The Balaban J connectivity index is 1.47. The number of hydrogen-bond acceptors (Lipinski definition) is 2. The van der Waals surface area contributed by atoms with E-state index in [0.717, 1.165) is 32.7 Å². The first-order valence-electron chi connectivity index (χ1n) is 8.69. The third-order valence-electron chi connectivity index (χ3n) is 4.36. The lowest BCUT2D eigenvalue weighted by Crippen LogP contribution is -3.13. The fourth-order valence-electron chi connectivity index (χ4n) is 3.01. The van der Waals surface area contributed by atoms with E-state index in [4.69, 9.17) is 0 Å².